The lowest BCUT2D eigenvalue weighted by Gasteiger charge is -2.19. The Hall–Kier alpha value is -0.780. The number of alkyl halides is 3. The maximum atomic E-state index is 12.1. The molecule has 0 aromatic heterocycles. The highest BCUT2D eigenvalue weighted by Crippen LogP contribution is 2.26. The zero-order valence-corrected chi connectivity index (χ0v) is 9.13. The summed E-state index contributed by atoms with van der Waals surface area (Å²) in [5.41, 5.74) is 5.35. The highest BCUT2D eigenvalue weighted by molar-refractivity contribution is 5.85. The first-order valence-electron chi connectivity index (χ1n) is 4.46. The average molecular weight is 256 g/mol. The number of aliphatic hydroxyl groups is 1. The van der Waals surface area contributed by atoms with E-state index in [1.807, 2.05) is 0 Å². The third-order valence-corrected chi connectivity index (χ3v) is 2.08. The van der Waals surface area contributed by atoms with Gasteiger partial charge < -0.3 is 10.8 Å². The maximum Gasteiger partial charge on any atom is 0.403 e. The SMILES string of the molecule is Cl.N[C@@H](C[C@H](O)c1ccccc1)C(F)(F)F. The molecule has 1 rings (SSSR count). The van der Waals surface area contributed by atoms with Gasteiger partial charge in [-0.1, -0.05) is 30.3 Å². The van der Waals surface area contributed by atoms with Crippen LogP contribution in [0.5, 0.6) is 0 Å². The highest BCUT2D eigenvalue weighted by Gasteiger charge is 2.37. The lowest BCUT2D eigenvalue weighted by molar-refractivity contribution is -0.153. The lowest BCUT2D eigenvalue weighted by Crippen LogP contribution is -2.38. The van der Waals surface area contributed by atoms with Gasteiger partial charge in [0.25, 0.3) is 0 Å². The van der Waals surface area contributed by atoms with Gasteiger partial charge in [-0.3, -0.25) is 0 Å². The zero-order chi connectivity index (χ0) is 11.5. The molecule has 2 nitrogen and oxygen atoms in total. The van der Waals surface area contributed by atoms with Gasteiger partial charge in [0, 0.05) is 6.42 Å². The molecule has 1 aromatic carbocycles. The molecule has 0 amide bonds. The van der Waals surface area contributed by atoms with Crippen molar-refractivity contribution in [1.82, 2.24) is 0 Å². The molecule has 0 unspecified atom stereocenters. The standard InChI is InChI=1S/C10H12F3NO.ClH/c11-10(12,13)9(14)6-8(15)7-4-2-1-3-5-7;/h1-5,8-9,15H,6,14H2;1H/t8-,9-;/m0./s1. The first kappa shape index (κ1) is 15.2. The topological polar surface area (TPSA) is 46.2 Å². The summed E-state index contributed by atoms with van der Waals surface area (Å²) < 4.78 is 36.3. The Morgan fingerprint density at radius 3 is 2.12 bits per heavy atom. The number of benzene rings is 1. The van der Waals surface area contributed by atoms with Gasteiger partial charge in [0.05, 0.1) is 6.10 Å². The number of aliphatic hydroxyl groups excluding tert-OH is 1. The molecular weight excluding hydrogens is 243 g/mol. The van der Waals surface area contributed by atoms with E-state index in [4.69, 9.17) is 5.73 Å². The molecule has 0 saturated carbocycles. The van der Waals surface area contributed by atoms with Crippen molar-refractivity contribution < 1.29 is 18.3 Å². The van der Waals surface area contributed by atoms with Crippen molar-refractivity contribution in [2.24, 2.45) is 5.73 Å². The van der Waals surface area contributed by atoms with Crippen LogP contribution < -0.4 is 5.73 Å². The maximum absolute atomic E-state index is 12.1. The smallest absolute Gasteiger partial charge is 0.388 e. The Bertz CT molecular complexity index is 305. The van der Waals surface area contributed by atoms with E-state index in [1.165, 1.54) is 0 Å². The van der Waals surface area contributed by atoms with Gasteiger partial charge in [-0.05, 0) is 5.56 Å². The molecule has 3 N–H and O–H groups in total. The van der Waals surface area contributed by atoms with Crippen molar-refractivity contribution in [3.63, 3.8) is 0 Å². The summed E-state index contributed by atoms with van der Waals surface area (Å²) in [4.78, 5) is 0. The monoisotopic (exact) mass is 255 g/mol. The van der Waals surface area contributed by atoms with Crippen LogP contribution in [0.3, 0.4) is 0 Å². The van der Waals surface area contributed by atoms with E-state index in [0.717, 1.165) is 0 Å². The molecule has 0 spiro atoms. The number of rotatable bonds is 3. The zero-order valence-electron chi connectivity index (χ0n) is 8.32. The number of halogens is 4. The van der Waals surface area contributed by atoms with Crippen LogP contribution in [0.25, 0.3) is 0 Å². The Balaban J connectivity index is 0.00000225. The summed E-state index contributed by atoms with van der Waals surface area (Å²) in [5, 5.41) is 9.47. The van der Waals surface area contributed by atoms with Gasteiger partial charge in [-0.25, -0.2) is 0 Å². The quantitative estimate of drug-likeness (QED) is 0.871. The predicted molar refractivity (Wildman–Crippen MR) is 57.3 cm³/mol. The van der Waals surface area contributed by atoms with E-state index in [-0.39, 0.29) is 12.4 Å². The van der Waals surface area contributed by atoms with Crippen LogP contribution in [-0.4, -0.2) is 17.3 Å². The van der Waals surface area contributed by atoms with Gasteiger partial charge in [0.15, 0.2) is 0 Å². The minimum atomic E-state index is -4.46. The van der Waals surface area contributed by atoms with Crippen molar-refractivity contribution in [2.75, 3.05) is 0 Å². The van der Waals surface area contributed by atoms with E-state index in [1.54, 1.807) is 30.3 Å². The number of hydrogen-bond donors (Lipinski definition) is 2. The van der Waals surface area contributed by atoms with Gasteiger partial charge in [-0.15, -0.1) is 12.4 Å². The molecular formula is C10H13ClF3NO. The second-order valence-electron chi connectivity index (χ2n) is 3.31. The fraction of sp³-hybridized carbons (Fsp3) is 0.400. The normalized spacial score (nSPS) is 15.1. The number of nitrogens with two attached hydrogens (primary N) is 1. The van der Waals surface area contributed by atoms with Crippen LogP contribution in [-0.2, 0) is 0 Å². The van der Waals surface area contributed by atoms with Crippen LogP contribution >= 0.6 is 12.4 Å². The molecule has 1 aromatic rings. The van der Waals surface area contributed by atoms with Crippen LogP contribution in [0.2, 0.25) is 0 Å². The Labute approximate surface area is 97.7 Å². The van der Waals surface area contributed by atoms with Crippen molar-refractivity contribution in [3.05, 3.63) is 35.9 Å². The van der Waals surface area contributed by atoms with Gasteiger partial charge >= 0.3 is 6.18 Å². The van der Waals surface area contributed by atoms with Gasteiger partial charge in [0.2, 0.25) is 0 Å². The number of hydrogen-bond acceptors (Lipinski definition) is 2. The molecule has 0 aliphatic heterocycles. The summed E-state index contributed by atoms with van der Waals surface area (Å²) in [6.07, 6.45) is -6.16. The molecule has 0 saturated heterocycles. The fourth-order valence-corrected chi connectivity index (χ4v) is 1.19. The first-order valence-corrected chi connectivity index (χ1v) is 4.46. The van der Waals surface area contributed by atoms with Crippen LogP contribution in [0.4, 0.5) is 13.2 Å². The van der Waals surface area contributed by atoms with E-state index < -0.39 is 24.7 Å². The highest BCUT2D eigenvalue weighted by atomic mass is 35.5. The summed E-state index contributed by atoms with van der Waals surface area (Å²) in [5.74, 6) is 0. The van der Waals surface area contributed by atoms with Crippen LogP contribution in [0.1, 0.15) is 18.1 Å². The fourth-order valence-electron chi connectivity index (χ4n) is 1.19. The van der Waals surface area contributed by atoms with E-state index in [2.05, 4.69) is 0 Å². The first-order chi connectivity index (χ1) is 6.91. The van der Waals surface area contributed by atoms with Crippen LogP contribution in [0.15, 0.2) is 30.3 Å². The molecule has 92 valence electrons. The summed E-state index contributed by atoms with van der Waals surface area (Å²) in [6.45, 7) is 0. The van der Waals surface area contributed by atoms with Crippen molar-refractivity contribution in [1.29, 1.82) is 0 Å². The van der Waals surface area contributed by atoms with E-state index in [9.17, 15) is 18.3 Å². The largest absolute Gasteiger partial charge is 0.403 e. The third-order valence-electron chi connectivity index (χ3n) is 2.08. The van der Waals surface area contributed by atoms with Gasteiger partial charge in [-0.2, -0.15) is 13.2 Å². The third kappa shape index (κ3) is 4.38. The second kappa shape index (κ2) is 6.08. The molecule has 2 atom stereocenters. The van der Waals surface area contributed by atoms with Crippen molar-refractivity contribution in [2.45, 2.75) is 24.7 Å². The second-order valence-corrected chi connectivity index (χ2v) is 3.31. The minimum Gasteiger partial charge on any atom is -0.388 e. The predicted octanol–water partition coefficient (Wildman–Crippen LogP) is 2.42. The molecule has 0 radical (unpaired) electrons. The molecule has 0 aliphatic rings. The molecule has 16 heavy (non-hydrogen) atoms. The molecule has 6 heteroatoms. The van der Waals surface area contributed by atoms with Crippen molar-refractivity contribution in [3.8, 4) is 0 Å². The van der Waals surface area contributed by atoms with Crippen molar-refractivity contribution >= 4 is 12.4 Å². The molecule has 0 bridgehead atoms. The van der Waals surface area contributed by atoms with Gasteiger partial charge in [0.1, 0.15) is 6.04 Å². The Kier molecular flexibility index (Phi) is 5.78. The van der Waals surface area contributed by atoms with Crippen LogP contribution in [0, 0.1) is 0 Å². The molecule has 0 aliphatic carbocycles. The molecule has 0 heterocycles. The summed E-state index contributed by atoms with van der Waals surface area (Å²) in [7, 11) is 0. The Morgan fingerprint density at radius 2 is 1.69 bits per heavy atom. The Morgan fingerprint density at radius 1 is 1.19 bits per heavy atom. The summed E-state index contributed by atoms with van der Waals surface area (Å²) in [6, 6.07) is 6.16. The van der Waals surface area contributed by atoms with E-state index in [0.29, 0.717) is 5.56 Å². The summed E-state index contributed by atoms with van der Waals surface area (Å²) >= 11 is 0. The average Bonchev–Trinajstić information content (AvgIpc) is 2.17. The van der Waals surface area contributed by atoms with E-state index >= 15 is 0 Å². The lowest BCUT2D eigenvalue weighted by atomic mass is 10.0. The minimum absolute atomic E-state index is 0. The molecule has 0 fully saturated rings.